The topological polar surface area (TPSA) is 157 Å². The van der Waals surface area contributed by atoms with Crippen LogP contribution >= 0.6 is 0 Å². The number of guanidine groups is 1. The summed E-state index contributed by atoms with van der Waals surface area (Å²) in [5, 5.41) is 0.646. The van der Waals surface area contributed by atoms with Gasteiger partial charge in [-0.25, -0.2) is 28.2 Å². The molecule has 1 amide bonds. The van der Waals surface area contributed by atoms with Crippen molar-refractivity contribution in [1.82, 2.24) is 30.0 Å². The lowest BCUT2D eigenvalue weighted by Gasteiger charge is -2.36. The molecular formula is C22H35N7O7S. The third-order valence-corrected chi connectivity index (χ3v) is 7.92. The van der Waals surface area contributed by atoms with Crippen LogP contribution in [0.15, 0.2) is 11.3 Å². The summed E-state index contributed by atoms with van der Waals surface area (Å²) in [4.78, 5) is 26.6. The number of likely N-dealkylation sites (tertiary alicyclic amines) is 1. The Morgan fingerprint density at radius 3 is 2.54 bits per heavy atom. The van der Waals surface area contributed by atoms with Crippen molar-refractivity contribution in [1.29, 1.82) is 0 Å². The van der Waals surface area contributed by atoms with Gasteiger partial charge in [0.05, 0.1) is 26.4 Å². The number of carbonyl (C=O) groups is 1. The van der Waals surface area contributed by atoms with Gasteiger partial charge in [0.2, 0.25) is 17.7 Å². The summed E-state index contributed by atoms with van der Waals surface area (Å²) in [6.07, 6.45) is 2.59. The summed E-state index contributed by atoms with van der Waals surface area (Å²) < 4.78 is 51.2. The van der Waals surface area contributed by atoms with Crippen molar-refractivity contribution in [2.24, 2.45) is 4.99 Å². The maximum absolute atomic E-state index is 13.3. The Labute approximate surface area is 216 Å². The predicted molar refractivity (Wildman–Crippen MR) is 132 cm³/mol. The van der Waals surface area contributed by atoms with E-state index in [0.717, 1.165) is 5.56 Å². The summed E-state index contributed by atoms with van der Waals surface area (Å²) in [6.45, 7) is 6.09. The van der Waals surface area contributed by atoms with Gasteiger partial charge in [-0.05, 0) is 46.5 Å². The van der Waals surface area contributed by atoms with Gasteiger partial charge in [0.1, 0.15) is 24.8 Å². The standard InChI is InChI=1S/C22H35N7O7S/c1-22(2,3)36-21(30)28-9-7-6-8-16(28)37(31,32)27-20-25-13-29(26-20)15-10-14(11-35-15)17-18(33-4)23-12-24-19(17)34-5/h12,14-16H,6-11,13H2,1-5H3,(H2,25,26,27). The average Bonchev–Trinajstić information content (AvgIpc) is 3.52. The monoisotopic (exact) mass is 541 g/mol. The van der Waals surface area contributed by atoms with Gasteiger partial charge in [-0.15, -0.1) is 0 Å². The van der Waals surface area contributed by atoms with Crippen LogP contribution in [0.1, 0.15) is 57.9 Å². The van der Waals surface area contributed by atoms with Crippen molar-refractivity contribution in [2.45, 2.75) is 69.6 Å². The van der Waals surface area contributed by atoms with Crippen LogP contribution in [-0.2, 0) is 19.5 Å². The predicted octanol–water partition coefficient (Wildman–Crippen LogP) is 1.12. The number of piperidine rings is 1. The molecule has 37 heavy (non-hydrogen) atoms. The molecule has 3 atom stereocenters. The molecule has 3 aliphatic rings. The summed E-state index contributed by atoms with van der Waals surface area (Å²) in [5.41, 5.74) is 2.97. The van der Waals surface area contributed by atoms with Crippen LogP contribution in [0.25, 0.3) is 0 Å². The highest BCUT2D eigenvalue weighted by Crippen LogP contribution is 2.39. The Kier molecular flexibility index (Phi) is 7.94. The van der Waals surface area contributed by atoms with E-state index in [1.54, 1.807) is 25.8 Å². The maximum atomic E-state index is 13.3. The molecule has 2 N–H and O–H groups in total. The van der Waals surface area contributed by atoms with Crippen LogP contribution in [-0.4, -0.2) is 91.6 Å². The first-order valence-electron chi connectivity index (χ1n) is 12.2. The Morgan fingerprint density at radius 1 is 1.19 bits per heavy atom. The first-order chi connectivity index (χ1) is 17.5. The maximum Gasteiger partial charge on any atom is 0.411 e. The number of ether oxygens (including phenoxy) is 4. The second-order valence-corrected chi connectivity index (χ2v) is 11.9. The van der Waals surface area contributed by atoms with Crippen molar-refractivity contribution in [3.63, 3.8) is 0 Å². The van der Waals surface area contributed by atoms with Crippen LogP contribution < -0.4 is 19.6 Å². The number of carbonyl (C=O) groups excluding carboxylic acids is 1. The SMILES string of the molecule is COc1ncnc(OC)c1C1COC(N2CN=C(NS(=O)(=O)C3CCCCN3C(=O)OC(C)(C)C)N2)C1. The van der Waals surface area contributed by atoms with Gasteiger partial charge in [0, 0.05) is 12.5 Å². The number of aromatic nitrogens is 2. The highest BCUT2D eigenvalue weighted by atomic mass is 32.2. The zero-order chi connectivity index (χ0) is 26.8. The van der Waals surface area contributed by atoms with Gasteiger partial charge in [0.15, 0.2) is 5.37 Å². The van der Waals surface area contributed by atoms with Crippen molar-refractivity contribution in [3.05, 3.63) is 11.9 Å². The molecule has 0 radical (unpaired) electrons. The van der Waals surface area contributed by atoms with E-state index in [1.165, 1.54) is 25.4 Å². The molecule has 0 aliphatic carbocycles. The Morgan fingerprint density at radius 2 is 1.89 bits per heavy atom. The molecule has 14 nitrogen and oxygen atoms in total. The van der Waals surface area contributed by atoms with Gasteiger partial charge in [0.25, 0.3) is 10.0 Å². The third-order valence-electron chi connectivity index (χ3n) is 6.23. The number of nitrogens with one attached hydrogen (secondary N) is 2. The molecule has 0 spiro atoms. The number of rotatable bonds is 6. The molecule has 206 valence electrons. The van der Waals surface area contributed by atoms with Crippen molar-refractivity contribution in [3.8, 4) is 11.8 Å². The molecule has 0 aromatic carbocycles. The van der Waals surface area contributed by atoms with Crippen LogP contribution in [0.4, 0.5) is 4.79 Å². The average molecular weight is 542 g/mol. The summed E-state index contributed by atoms with van der Waals surface area (Å²) >= 11 is 0. The van der Waals surface area contributed by atoms with Gasteiger partial charge in [-0.2, -0.15) is 5.01 Å². The van der Waals surface area contributed by atoms with Gasteiger partial charge in [-0.3, -0.25) is 15.0 Å². The number of sulfonamides is 1. The van der Waals surface area contributed by atoms with E-state index in [-0.39, 0.29) is 18.5 Å². The van der Waals surface area contributed by atoms with E-state index in [2.05, 4.69) is 25.1 Å². The smallest absolute Gasteiger partial charge is 0.411 e. The number of aliphatic imine (C=N–C) groups is 1. The zero-order valence-electron chi connectivity index (χ0n) is 21.8. The van der Waals surface area contributed by atoms with Crippen LogP contribution in [0.3, 0.4) is 0 Å². The van der Waals surface area contributed by atoms with Crippen molar-refractivity contribution < 1.29 is 32.2 Å². The Balaban J connectivity index is 1.38. The molecule has 15 heteroatoms. The van der Waals surface area contributed by atoms with Gasteiger partial charge >= 0.3 is 6.09 Å². The molecular weight excluding hydrogens is 506 g/mol. The highest BCUT2D eigenvalue weighted by molar-refractivity contribution is 7.90. The molecule has 1 aromatic heterocycles. The summed E-state index contributed by atoms with van der Waals surface area (Å²) in [6, 6.07) is 0. The number of amides is 1. The van der Waals surface area contributed by atoms with Gasteiger partial charge in [-0.1, -0.05) is 0 Å². The van der Waals surface area contributed by atoms with Crippen LogP contribution in [0.2, 0.25) is 0 Å². The largest absolute Gasteiger partial charge is 0.481 e. The second kappa shape index (κ2) is 10.8. The third kappa shape index (κ3) is 6.15. The first-order valence-corrected chi connectivity index (χ1v) is 13.7. The van der Waals surface area contributed by atoms with Crippen molar-refractivity contribution in [2.75, 3.05) is 34.0 Å². The van der Waals surface area contributed by atoms with E-state index in [9.17, 15) is 13.2 Å². The fourth-order valence-corrected chi connectivity index (χ4v) is 6.11. The molecule has 1 aromatic rings. The second-order valence-electron chi connectivity index (χ2n) is 10.0. The van der Waals surface area contributed by atoms with Crippen molar-refractivity contribution >= 4 is 22.1 Å². The summed E-state index contributed by atoms with van der Waals surface area (Å²) in [5.74, 6) is 0.813. The number of hydrazine groups is 1. The van der Waals surface area contributed by atoms with Crippen LogP contribution in [0, 0.1) is 0 Å². The summed E-state index contributed by atoms with van der Waals surface area (Å²) in [7, 11) is -0.909. The minimum absolute atomic E-state index is 0.0694. The molecule has 2 saturated heterocycles. The quantitative estimate of drug-likeness (QED) is 0.532. The molecule has 4 rings (SSSR count). The molecule has 0 saturated carbocycles. The number of methoxy groups -OCH3 is 2. The number of nitrogens with zero attached hydrogens (tertiary/aromatic N) is 5. The highest BCUT2D eigenvalue weighted by Gasteiger charge is 2.41. The normalized spacial score (nSPS) is 24.8. The lowest BCUT2D eigenvalue weighted by Crippen LogP contribution is -2.56. The lowest BCUT2D eigenvalue weighted by atomic mass is 9.99. The van der Waals surface area contributed by atoms with Gasteiger partial charge < -0.3 is 18.9 Å². The van der Waals surface area contributed by atoms with E-state index < -0.39 is 33.3 Å². The van der Waals surface area contributed by atoms with E-state index in [1.807, 2.05) is 0 Å². The molecule has 2 fully saturated rings. The molecule has 3 unspecified atom stereocenters. The van der Waals surface area contributed by atoms with E-state index in [0.29, 0.717) is 50.6 Å². The van der Waals surface area contributed by atoms with E-state index in [4.69, 9.17) is 18.9 Å². The first kappa shape index (κ1) is 27.1. The minimum atomic E-state index is -3.97. The number of hydrogen-bond acceptors (Lipinski definition) is 12. The Bertz CT molecular complexity index is 1100. The fraction of sp³-hybridized carbons (Fsp3) is 0.727. The number of hydrogen-bond donors (Lipinski definition) is 2. The Hall–Kier alpha value is -2.91. The van der Waals surface area contributed by atoms with Crippen LogP contribution in [0.5, 0.6) is 11.8 Å². The fourth-order valence-electron chi connectivity index (χ4n) is 4.59. The minimum Gasteiger partial charge on any atom is -0.481 e. The van der Waals surface area contributed by atoms with E-state index >= 15 is 0 Å². The molecule has 3 aliphatic heterocycles. The molecule has 4 heterocycles. The lowest BCUT2D eigenvalue weighted by molar-refractivity contribution is -0.0286. The zero-order valence-corrected chi connectivity index (χ0v) is 22.6. The molecule has 0 bridgehead atoms.